The van der Waals surface area contributed by atoms with E-state index >= 15 is 0 Å². The molecule has 3 amide bonds. The first-order valence-electron chi connectivity index (χ1n) is 8.76. The van der Waals surface area contributed by atoms with Gasteiger partial charge in [0, 0.05) is 19.1 Å². The first-order chi connectivity index (χ1) is 10.4. The molecule has 22 heavy (non-hydrogen) atoms. The average Bonchev–Trinajstić information content (AvgIpc) is 2.39. The Labute approximate surface area is 134 Å². The maximum absolute atomic E-state index is 12.0. The lowest BCUT2D eigenvalue weighted by molar-refractivity contribution is -0.121. The van der Waals surface area contributed by atoms with Gasteiger partial charge in [-0.2, -0.15) is 0 Å². The van der Waals surface area contributed by atoms with Gasteiger partial charge in [0.25, 0.3) is 0 Å². The third kappa shape index (κ3) is 5.27. The molecule has 0 radical (unpaired) electrons. The molecule has 0 aromatic heterocycles. The normalized spacial score (nSPS) is 33.2. The maximum atomic E-state index is 12.0. The van der Waals surface area contributed by atoms with Crippen molar-refractivity contribution in [1.29, 1.82) is 0 Å². The van der Waals surface area contributed by atoms with Gasteiger partial charge in [-0.05, 0) is 37.0 Å². The lowest BCUT2D eigenvalue weighted by atomic mass is 9.86. The molecule has 2 rings (SSSR count). The summed E-state index contributed by atoms with van der Waals surface area (Å²) in [7, 11) is 0. The smallest absolute Gasteiger partial charge is 0.321 e. The molecule has 5 nitrogen and oxygen atoms in total. The number of hydrogen-bond acceptors (Lipinski definition) is 3. The molecule has 0 aromatic rings. The molecule has 4 unspecified atom stereocenters. The molecule has 1 aliphatic heterocycles. The minimum atomic E-state index is -0.332. The van der Waals surface area contributed by atoms with Crippen LogP contribution in [0.2, 0.25) is 0 Å². The average molecular weight is 309 g/mol. The second kappa shape index (κ2) is 7.95. The van der Waals surface area contributed by atoms with Crippen molar-refractivity contribution in [1.82, 2.24) is 15.5 Å². The molecule has 1 heterocycles. The number of carbonyl (C=O) groups is 2. The molecule has 1 saturated carbocycles. The Morgan fingerprint density at radius 1 is 1.05 bits per heavy atom. The Bertz CT molecular complexity index is 389. The van der Waals surface area contributed by atoms with Gasteiger partial charge < -0.3 is 5.32 Å². The van der Waals surface area contributed by atoms with Crippen molar-refractivity contribution in [3.63, 3.8) is 0 Å². The Morgan fingerprint density at radius 3 is 2.32 bits per heavy atom. The number of amides is 3. The maximum Gasteiger partial charge on any atom is 0.321 e. The number of nitrogens with one attached hydrogen (secondary N) is 2. The molecule has 2 aliphatic rings. The summed E-state index contributed by atoms with van der Waals surface area (Å²) in [4.78, 5) is 26.2. The second-order valence-electron chi connectivity index (χ2n) is 7.53. The standard InChI is InChI=1S/C17H31N3O2/c1-12-8-13(2)10-20(9-12)11-16(21)19-17(22)18-15-7-5-4-6-14(15)3/h12-15H,4-11H2,1-3H3,(H2,18,19,21,22). The van der Waals surface area contributed by atoms with Gasteiger partial charge >= 0.3 is 6.03 Å². The third-order valence-electron chi connectivity index (χ3n) is 4.99. The molecule has 1 saturated heterocycles. The highest BCUT2D eigenvalue weighted by atomic mass is 16.2. The van der Waals surface area contributed by atoms with Gasteiger partial charge in [0.05, 0.1) is 6.54 Å². The minimum absolute atomic E-state index is 0.192. The Kier molecular flexibility index (Phi) is 6.24. The van der Waals surface area contributed by atoms with E-state index in [0.29, 0.717) is 24.3 Å². The fraction of sp³-hybridized carbons (Fsp3) is 0.882. The van der Waals surface area contributed by atoms with Gasteiger partial charge in [-0.3, -0.25) is 15.0 Å². The molecule has 1 aliphatic carbocycles. The third-order valence-corrected chi connectivity index (χ3v) is 4.99. The van der Waals surface area contributed by atoms with Crippen LogP contribution in [0.4, 0.5) is 4.79 Å². The summed E-state index contributed by atoms with van der Waals surface area (Å²) in [5, 5.41) is 5.46. The van der Waals surface area contributed by atoms with E-state index in [0.717, 1.165) is 32.4 Å². The summed E-state index contributed by atoms with van der Waals surface area (Å²) in [6, 6.07) is -0.126. The molecule has 0 bridgehead atoms. The largest absolute Gasteiger partial charge is 0.335 e. The zero-order chi connectivity index (χ0) is 16.1. The Balaban J connectivity index is 1.73. The summed E-state index contributed by atoms with van der Waals surface area (Å²) in [6.07, 6.45) is 5.79. The van der Waals surface area contributed by atoms with Crippen molar-refractivity contribution in [2.45, 2.75) is 58.9 Å². The quantitative estimate of drug-likeness (QED) is 0.841. The van der Waals surface area contributed by atoms with E-state index in [1.807, 2.05) is 0 Å². The molecule has 2 fully saturated rings. The molecular weight excluding hydrogens is 278 g/mol. The van der Waals surface area contributed by atoms with E-state index in [-0.39, 0.29) is 18.0 Å². The van der Waals surface area contributed by atoms with Crippen LogP contribution >= 0.6 is 0 Å². The zero-order valence-corrected chi connectivity index (χ0v) is 14.2. The van der Waals surface area contributed by atoms with Gasteiger partial charge in [0.1, 0.15) is 0 Å². The van der Waals surface area contributed by atoms with Crippen molar-refractivity contribution >= 4 is 11.9 Å². The predicted molar refractivity (Wildman–Crippen MR) is 87.5 cm³/mol. The van der Waals surface area contributed by atoms with Crippen molar-refractivity contribution in [2.75, 3.05) is 19.6 Å². The summed E-state index contributed by atoms with van der Waals surface area (Å²) in [5.41, 5.74) is 0. The van der Waals surface area contributed by atoms with Crippen LogP contribution in [0, 0.1) is 17.8 Å². The van der Waals surface area contributed by atoms with Crippen LogP contribution in [0.15, 0.2) is 0 Å². The first-order valence-corrected chi connectivity index (χ1v) is 8.76. The summed E-state index contributed by atoms with van der Waals surface area (Å²) < 4.78 is 0. The molecule has 2 N–H and O–H groups in total. The van der Waals surface area contributed by atoms with E-state index in [1.165, 1.54) is 12.8 Å². The number of likely N-dealkylation sites (tertiary alicyclic amines) is 1. The minimum Gasteiger partial charge on any atom is -0.335 e. The lowest BCUT2D eigenvalue weighted by Gasteiger charge is -2.34. The van der Waals surface area contributed by atoms with Gasteiger partial charge in [-0.25, -0.2) is 4.79 Å². The fourth-order valence-electron chi connectivity index (χ4n) is 4.03. The number of hydrogen-bond donors (Lipinski definition) is 2. The van der Waals surface area contributed by atoms with Gasteiger partial charge in [-0.15, -0.1) is 0 Å². The molecular formula is C17H31N3O2. The van der Waals surface area contributed by atoms with Crippen LogP contribution in [0.25, 0.3) is 0 Å². The summed E-state index contributed by atoms with van der Waals surface area (Å²) in [5.74, 6) is 1.54. The van der Waals surface area contributed by atoms with Crippen molar-refractivity contribution in [3.05, 3.63) is 0 Å². The monoisotopic (exact) mass is 309 g/mol. The SMILES string of the molecule is CC1CC(C)CN(CC(=O)NC(=O)NC2CCCCC2C)C1. The lowest BCUT2D eigenvalue weighted by Crippen LogP contribution is -2.51. The van der Waals surface area contributed by atoms with Crippen LogP contribution in [-0.4, -0.2) is 42.5 Å². The number of rotatable bonds is 3. The second-order valence-corrected chi connectivity index (χ2v) is 7.53. The summed E-state index contributed by atoms with van der Waals surface area (Å²) >= 11 is 0. The molecule has 4 atom stereocenters. The number of imide groups is 1. The highest BCUT2D eigenvalue weighted by molar-refractivity contribution is 5.95. The van der Waals surface area contributed by atoms with E-state index in [2.05, 4.69) is 36.3 Å². The van der Waals surface area contributed by atoms with Gasteiger partial charge in [-0.1, -0.05) is 33.6 Å². The van der Waals surface area contributed by atoms with Crippen molar-refractivity contribution < 1.29 is 9.59 Å². The van der Waals surface area contributed by atoms with E-state index in [9.17, 15) is 9.59 Å². The Hall–Kier alpha value is -1.10. The zero-order valence-electron chi connectivity index (χ0n) is 14.2. The summed E-state index contributed by atoms with van der Waals surface area (Å²) in [6.45, 7) is 8.82. The van der Waals surface area contributed by atoms with Crippen LogP contribution in [0.1, 0.15) is 52.9 Å². The predicted octanol–water partition coefficient (Wildman–Crippen LogP) is 2.37. The molecule has 126 valence electrons. The van der Waals surface area contributed by atoms with Crippen LogP contribution in [0.3, 0.4) is 0 Å². The Morgan fingerprint density at radius 2 is 1.68 bits per heavy atom. The first kappa shape index (κ1) is 17.3. The number of piperidine rings is 1. The van der Waals surface area contributed by atoms with Crippen molar-refractivity contribution in [2.24, 2.45) is 17.8 Å². The van der Waals surface area contributed by atoms with E-state index < -0.39 is 0 Å². The van der Waals surface area contributed by atoms with Gasteiger partial charge in [0.15, 0.2) is 0 Å². The fourth-order valence-corrected chi connectivity index (χ4v) is 4.03. The van der Waals surface area contributed by atoms with Gasteiger partial charge in [0.2, 0.25) is 5.91 Å². The van der Waals surface area contributed by atoms with Crippen LogP contribution in [-0.2, 0) is 4.79 Å². The van der Waals surface area contributed by atoms with Crippen molar-refractivity contribution in [3.8, 4) is 0 Å². The highest BCUT2D eigenvalue weighted by Gasteiger charge is 2.25. The van der Waals surface area contributed by atoms with Crippen LogP contribution in [0.5, 0.6) is 0 Å². The van der Waals surface area contributed by atoms with E-state index in [4.69, 9.17) is 0 Å². The molecule has 0 aromatic carbocycles. The number of nitrogens with zero attached hydrogens (tertiary/aromatic N) is 1. The number of urea groups is 1. The highest BCUT2D eigenvalue weighted by Crippen LogP contribution is 2.23. The number of carbonyl (C=O) groups excluding carboxylic acids is 2. The molecule has 0 spiro atoms. The topological polar surface area (TPSA) is 61.4 Å². The van der Waals surface area contributed by atoms with Crippen LogP contribution < -0.4 is 10.6 Å². The van der Waals surface area contributed by atoms with E-state index in [1.54, 1.807) is 0 Å². The molecule has 5 heteroatoms.